The summed E-state index contributed by atoms with van der Waals surface area (Å²) in [5, 5.41) is 11.2. The summed E-state index contributed by atoms with van der Waals surface area (Å²) < 4.78 is 15.6. The van der Waals surface area contributed by atoms with E-state index in [0.717, 1.165) is 23.5 Å². The number of rotatable bonds is 3. The van der Waals surface area contributed by atoms with Crippen molar-refractivity contribution in [3.63, 3.8) is 0 Å². The number of nitrogens with zero attached hydrogens (tertiary/aromatic N) is 3. The average Bonchev–Trinajstić information content (AvgIpc) is 2.86. The van der Waals surface area contributed by atoms with E-state index < -0.39 is 11.8 Å². The van der Waals surface area contributed by atoms with Crippen LogP contribution in [-0.2, 0) is 13.0 Å². The van der Waals surface area contributed by atoms with Gasteiger partial charge in [-0.05, 0) is 51.8 Å². The molecule has 140 valence electrons. The first kappa shape index (κ1) is 21.2. The zero-order valence-corrected chi connectivity index (χ0v) is 15.9. The number of aryl methyl sites for hydroxylation is 2. The van der Waals surface area contributed by atoms with Gasteiger partial charge in [0.15, 0.2) is 0 Å². The van der Waals surface area contributed by atoms with Crippen LogP contribution in [0.5, 0.6) is 0 Å². The van der Waals surface area contributed by atoms with Gasteiger partial charge in [-0.3, -0.25) is 0 Å². The molecule has 0 atom stereocenters. The molecule has 0 radical (unpaired) electrons. The van der Waals surface area contributed by atoms with E-state index in [9.17, 15) is 9.18 Å². The summed E-state index contributed by atoms with van der Waals surface area (Å²) in [4.78, 5) is 14.4. The van der Waals surface area contributed by atoms with Gasteiger partial charge in [0.25, 0.3) is 0 Å². The highest BCUT2D eigenvalue weighted by molar-refractivity contribution is 5.72. The van der Waals surface area contributed by atoms with Crippen LogP contribution in [0.1, 0.15) is 50.3 Å². The van der Waals surface area contributed by atoms with Crippen molar-refractivity contribution >= 4 is 6.03 Å². The van der Waals surface area contributed by atoms with Gasteiger partial charge in [0, 0.05) is 24.0 Å². The van der Waals surface area contributed by atoms with Crippen LogP contribution in [0, 0.1) is 24.1 Å². The van der Waals surface area contributed by atoms with Gasteiger partial charge in [0.2, 0.25) is 0 Å². The fourth-order valence-electron chi connectivity index (χ4n) is 2.31. The van der Waals surface area contributed by atoms with E-state index in [1.807, 2.05) is 40.0 Å². The fourth-order valence-corrected chi connectivity index (χ4v) is 2.31. The Morgan fingerprint density at radius 3 is 2.50 bits per heavy atom. The number of benzene rings is 1. The van der Waals surface area contributed by atoms with Crippen LogP contribution >= 0.6 is 0 Å². The fraction of sp³-hybridized carbons (Fsp3) is 0.421. The number of aromatic nitrogens is 2. The second-order valence-electron chi connectivity index (χ2n) is 6.90. The molecule has 0 aliphatic heterocycles. The van der Waals surface area contributed by atoms with Crippen LogP contribution < -0.4 is 11.1 Å². The van der Waals surface area contributed by atoms with Gasteiger partial charge < -0.3 is 15.6 Å². The van der Waals surface area contributed by atoms with Gasteiger partial charge in [-0.1, -0.05) is 13.0 Å². The Balaban J connectivity index is 0.000000359. The van der Waals surface area contributed by atoms with E-state index in [0.29, 0.717) is 6.54 Å². The minimum atomic E-state index is -0.475. The third kappa shape index (κ3) is 6.55. The molecular formula is C19H26FN5O. The topological polar surface area (TPSA) is 96.7 Å². The highest BCUT2D eigenvalue weighted by Gasteiger charge is 2.10. The molecule has 3 N–H and O–H groups in total. The smallest absolute Gasteiger partial charge is 0.312 e. The maximum Gasteiger partial charge on any atom is 0.312 e. The van der Waals surface area contributed by atoms with E-state index in [4.69, 9.17) is 11.0 Å². The molecule has 7 heteroatoms. The molecule has 2 amide bonds. The number of carbonyl (C=O) groups is 1. The molecule has 2 rings (SSSR count). The van der Waals surface area contributed by atoms with Crippen molar-refractivity contribution < 1.29 is 9.18 Å². The molecule has 0 saturated carbocycles. The van der Waals surface area contributed by atoms with Gasteiger partial charge in [-0.2, -0.15) is 5.26 Å². The Morgan fingerprint density at radius 1 is 1.42 bits per heavy atom. The predicted octanol–water partition coefficient (Wildman–Crippen LogP) is 3.27. The van der Waals surface area contributed by atoms with Crippen LogP contribution in [0.3, 0.4) is 0 Å². The summed E-state index contributed by atoms with van der Waals surface area (Å²) in [6.07, 6.45) is 2.73. The van der Waals surface area contributed by atoms with Gasteiger partial charge in [0.1, 0.15) is 17.7 Å². The van der Waals surface area contributed by atoms with Crippen LogP contribution in [0.4, 0.5) is 9.18 Å². The zero-order chi connectivity index (χ0) is 19.9. The first-order chi connectivity index (χ1) is 12.1. The molecule has 2 aromatic rings. The van der Waals surface area contributed by atoms with E-state index >= 15 is 0 Å². The number of nitrogens with two attached hydrogens (primary N) is 1. The van der Waals surface area contributed by atoms with Gasteiger partial charge in [0.05, 0.1) is 5.56 Å². The third-order valence-electron chi connectivity index (χ3n) is 3.49. The van der Waals surface area contributed by atoms with Crippen molar-refractivity contribution in [3.8, 4) is 6.07 Å². The van der Waals surface area contributed by atoms with E-state index in [-0.39, 0.29) is 11.1 Å². The monoisotopic (exact) mass is 359 g/mol. The van der Waals surface area contributed by atoms with Crippen LogP contribution in [-0.4, -0.2) is 21.1 Å². The molecule has 1 aromatic heterocycles. The Kier molecular flexibility index (Phi) is 7.32. The number of nitrogens with one attached hydrogen (secondary N) is 1. The molecule has 1 aromatic carbocycles. The van der Waals surface area contributed by atoms with Crippen LogP contribution in [0.15, 0.2) is 24.4 Å². The van der Waals surface area contributed by atoms with Crippen LogP contribution in [0.25, 0.3) is 0 Å². The second kappa shape index (κ2) is 8.99. The lowest BCUT2D eigenvalue weighted by Crippen LogP contribution is -2.43. The molecule has 6 nitrogen and oxygen atoms in total. The van der Waals surface area contributed by atoms with E-state index in [1.165, 1.54) is 12.1 Å². The first-order valence-electron chi connectivity index (χ1n) is 8.34. The summed E-state index contributed by atoms with van der Waals surface area (Å²) in [6.45, 7) is 10.2. The van der Waals surface area contributed by atoms with Gasteiger partial charge in [-0.15, -0.1) is 0 Å². The van der Waals surface area contributed by atoms with Crippen molar-refractivity contribution in [3.05, 3.63) is 52.9 Å². The van der Waals surface area contributed by atoms with E-state index in [2.05, 4.69) is 21.8 Å². The highest BCUT2D eigenvalue weighted by atomic mass is 19.1. The van der Waals surface area contributed by atoms with E-state index in [1.54, 1.807) is 6.07 Å². The second-order valence-corrected chi connectivity index (χ2v) is 6.90. The van der Waals surface area contributed by atoms with Crippen molar-refractivity contribution in [2.75, 3.05) is 0 Å². The number of amides is 2. The summed E-state index contributed by atoms with van der Waals surface area (Å²) in [5.74, 6) is 0.447. The normalized spacial score (nSPS) is 10.5. The SMILES string of the molecule is CC(C)(C)NC(N)=O.CCc1cnc(C)n1Cc1ccc(C#N)c(F)c1. The maximum absolute atomic E-state index is 13.5. The van der Waals surface area contributed by atoms with Crippen molar-refractivity contribution in [1.82, 2.24) is 14.9 Å². The molecule has 0 unspecified atom stereocenters. The Hall–Kier alpha value is -2.88. The molecule has 0 fully saturated rings. The summed E-state index contributed by atoms with van der Waals surface area (Å²) in [5.41, 5.74) is 6.66. The van der Waals surface area contributed by atoms with Crippen molar-refractivity contribution in [2.45, 2.75) is 53.1 Å². The lowest BCUT2D eigenvalue weighted by Gasteiger charge is -2.17. The molecule has 0 aliphatic rings. The number of halogens is 1. The molecule has 26 heavy (non-hydrogen) atoms. The largest absolute Gasteiger partial charge is 0.352 e. The molecule has 0 saturated heterocycles. The lowest BCUT2D eigenvalue weighted by atomic mass is 10.1. The molecule has 0 bridgehead atoms. The quantitative estimate of drug-likeness (QED) is 0.880. The van der Waals surface area contributed by atoms with Gasteiger partial charge in [-0.25, -0.2) is 14.2 Å². The lowest BCUT2D eigenvalue weighted by molar-refractivity contribution is 0.240. The minimum Gasteiger partial charge on any atom is -0.352 e. The first-order valence-corrected chi connectivity index (χ1v) is 8.34. The predicted molar refractivity (Wildman–Crippen MR) is 99.0 cm³/mol. The standard InChI is InChI=1S/C14H14FN3.C5H12N2O/c1-3-13-8-17-10(2)18(13)9-11-4-5-12(7-16)14(15)6-11;1-5(2,3)7-4(6)8/h4-6,8H,3,9H2,1-2H3;1-3H3,(H3,6,7,8). The highest BCUT2D eigenvalue weighted by Crippen LogP contribution is 2.14. The average molecular weight is 359 g/mol. The molecular weight excluding hydrogens is 333 g/mol. The number of urea groups is 1. The third-order valence-corrected chi connectivity index (χ3v) is 3.49. The number of carbonyl (C=O) groups excluding carboxylic acids is 1. The number of imidazole rings is 1. The number of hydrogen-bond donors (Lipinski definition) is 2. The Labute approximate surface area is 153 Å². The summed E-state index contributed by atoms with van der Waals surface area (Å²) in [6, 6.07) is 6.06. The van der Waals surface area contributed by atoms with Crippen molar-refractivity contribution in [2.24, 2.45) is 5.73 Å². The minimum absolute atomic E-state index is 0.0804. The Bertz CT molecular complexity index is 799. The van der Waals surface area contributed by atoms with Crippen molar-refractivity contribution in [1.29, 1.82) is 5.26 Å². The summed E-state index contributed by atoms with van der Waals surface area (Å²) >= 11 is 0. The Morgan fingerprint density at radius 2 is 2.08 bits per heavy atom. The zero-order valence-electron chi connectivity index (χ0n) is 15.9. The van der Waals surface area contributed by atoms with Crippen LogP contribution in [0.2, 0.25) is 0 Å². The number of hydrogen-bond acceptors (Lipinski definition) is 3. The molecule has 1 heterocycles. The number of primary amides is 1. The van der Waals surface area contributed by atoms with Gasteiger partial charge >= 0.3 is 6.03 Å². The molecule has 0 aliphatic carbocycles. The molecule has 0 spiro atoms. The maximum atomic E-state index is 13.5. The summed E-state index contributed by atoms with van der Waals surface area (Å²) in [7, 11) is 0. The number of nitriles is 1.